The summed E-state index contributed by atoms with van der Waals surface area (Å²) in [6.45, 7) is 11.4. The van der Waals surface area contributed by atoms with Crippen LogP contribution in [0.1, 0.15) is 63.6 Å². The van der Waals surface area contributed by atoms with E-state index in [2.05, 4.69) is 48.1 Å². The van der Waals surface area contributed by atoms with Crippen LogP contribution in [-0.4, -0.2) is 30.7 Å². The van der Waals surface area contributed by atoms with Crippen LogP contribution in [0.2, 0.25) is 5.15 Å². The third kappa shape index (κ3) is 4.87. The predicted molar refractivity (Wildman–Crippen MR) is 105 cm³/mol. The highest BCUT2D eigenvalue weighted by Gasteiger charge is 2.26. The summed E-state index contributed by atoms with van der Waals surface area (Å²) in [6.07, 6.45) is 3.51. The maximum absolute atomic E-state index is 9.71. The molecule has 2 heterocycles. The van der Waals surface area contributed by atoms with Crippen molar-refractivity contribution in [2.24, 2.45) is 5.41 Å². The molecule has 0 saturated carbocycles. The van der Waals surface area contributed by atoms with E-state index >= 15 is 0 Å². The van der Waals surface area contributed by atoms with Crippen LogP contribution in [0.4, 0.5) is 5.82 Å². The zero-order valence-electron chi connectivity index (χ0n) is 16.2. The first-order chi connectivity index (χ1) is 12.3. The maximum atomic E-state index is 9.71. The van der Waals surface area contributed by atoms with E-state index in [1.807, 2.05) is 6.92 Å². The SMILES string of the molecule is CCCc1c(C#N)c(Cl)nc(N2CCC(NCC(C)(C)C)CC2)c1C#N. The van der Waals surface area contributed by atoms with Gasteiger partial charge in [-0.3, -0.25) is 0 Å². The fourth-order valence-electron chi connectivity index (χ4n) is 3.30. The van der Waals surface area contributed by atoms with Gasteiger partial charge in [-0.25, -0.2) is 4.98 Å². The minimum Gasteiger partial charge on any atom is -0.355 e. The molecule has 140 valence electrons. The second kappa shape index (κ2) is 8.71. The number of aromatic nitrogens is 1. The number of rotatable bonds is 5. The smallest absolute Gasteiger partial charge is 0.149 e. The van der Waals surface area contributed by atoms with Crippen LogP contribution in [0.3, 0.4) is 0 Å². The Morgan fingerprint density at radius 3 is 2.31 bits per heavy atom. The van der Waals surface area contributed by atoms with Gasteiger partial charge in [0, 0.05) is 25.7 Å². The highest BCUT2D eigenvalue weighted by molar-refractivity contribution is 6.30. The summed E-state index contributed by atoms with van der Waals surface area (Å²) in [5.74, 6) is 0.634. The number of hydrogen-bond acceptors (Lipinski definition) is 5. The van der Waals surface area contributed by atoms with Crippen molar-refractivity contribution in [2.45, 2.75) is 59.4 Å². The van der Waals surface area contributed by atoms with Crippen LogP contribution in [0.5, 0.6) is 0 Å². The molecule has 0 bridgehead atoms. The fourth-order valence-corrected chi connectivity index (χ4v) is 3.53. The molecular weight excluding hydrogens is 346 g/mol. The molecule has 2 rings (SSSR count). The minimum absolute atomic E-state index is 0.206. The Balaban J connectivity index is 2.20. The largest absolute Gasteiger partial charge is 0.355 e. The van der Waals surface area contributed by atoms with Crippen molar-refractivity contribution in [1.82, 2.24) is 10.3 Å². The number of halogens is 1. The maximum Gasteiger partial charge on any atom is 0.149 e. The van der Waals surface area contributed by atoms with Gasteiger partial charge in [-0.05, 0) is 30.2 Å². The van der Waals surface area contributed by atoms with E-state index in [1.54, 1.807) is 0 Å². The zero-order chi connectivity index (χ0) is 19.3. The number of pyridine rings is 1. The first-order valence-corrected chi connectivity index (χ1v) is 9.69. The molecule has 0 radical (unpaired) electrons. The highest BCUT2D eigenvalue weighted by Crippen LogP contribution is 2.31. The van der Waals surface area contributed by atoms with Gasteiger partial charge in [0.25, 0.3) is 0 Å². The lowest BCUT2D eigenvalue weighted by atomic mass is 9.95. The quantitative estimate of drug-likeness (QED) is 0.788. The summed E-state index contributed by atoms with van der Waals surface area (Å²) < 4.78 is 0. The lowest BCUT2D eigenvalue weighted by Crippen LogP contribution is -2.45. The molecule has 0 amide bonds. The first kappa shape index (κ1) is 20.5. The van der Waals surface area contributed by atoms with Gasteiger partial charge >= 0.3 is 0 Å². The molecule has 1 fully saturated rings. The van der Waals surface area contributed by atoms with Gasteiger partial charge in [-0.15, -0.1) is 0 Å². The van der Waals surface area contributed by atoms with Crippen molar-refractivity contribution in [3.63, 3.8) is 0 Å². The Morgan fingerprint density at radius 2 is 1.81 bits per heavy atom. The van der Waals surface area contributed by atoms with E-state index in [9.17, 15) is 10.5 Å². The van der Waals surface area contributed by atoms with Gasteiger partial charge in [0.15, 0.2) is 0 Å². The average molecular weight is 374 g/mol. The molecule has 1 saturated heterocycles. The van der Waals surface area contributed by atoms with Crippen molar-refractivity contribution < 1.29 is 0 Å². The number of nitrogens with zero attached hydrogens (tertiary/aromatic N) is 4. The Kier molecular flexibility index (Phi) is 6.87. The van der Waals surface area contributed by atoms with Crippen molar-refractivity contribution in [2.75, 3.05) is 24.5 Å². The van der Waals surface area contributed by atoms with Gasteiger partial charge in [0.2, 0.25) is 0 Å². The Hall–Kier alpha value is -1.82. The van der Waals surface area contributed by atoms with Crippen LogP contribution < -0.4 is 10.2 Å². The molecule has 26 heavy (non-hydrogen) atoms. The van der Waals surface area contributed by atoms with E-state index in [4.69, 9.17) is 11.6 Å². The van der Waals surface area contributed by atoms with Gasteiger partial charge in [-0.1, -0.05) is 45.7 Å². The van der Waals surface area contributed by atoms with Gasteiger partial charge in [-0.2, -0.15) is 10.5 Å². The van der Waals surface area contributed by atoms with Gasteiger partial charge in [0.05, 0.1) is 11.1 Å². The number of nitriles is 2. The molecule has 0 aromatic carbocycles. The molecule has 5 nitrogen and oxygen atoms in total. The molecule has 6 heteroatoms. The van der Waals surface area contributed by atoms with Crippen molar-refractivity contribution in [3.8, 4) is 12.1 Å². The molecule has 1 N–H and O–H groups in total. The standard InChI is InChI=1S/C20H28ClN5/c1-5-6-15-16(11-22)18(21)25-19(17(15)12-23)26-9-7-14(8-10-26)24-13-20(2,3)4/h14,24H,5-10,13H2,1-4H3. The topological polar surface area (TPSA) is 75.7 Å². The summed E-state index contributed by atoms with van der Waals surface area (Å²) in [5, 5.41) is 23.0. The number of hydrogen-bond donors (Lipinski definition) is 1. The minimum atomic E-state index is 0.206. The van der Waals surface area contributed by atoms with E-state index in [1.165, 1.54) is 0 Å². The lowest BCUT2D eigenvalue weighted by Gasteiger charge is -2.35. The third-order valence-electron chi connectivity index (χ3n) is 4.68. The summed E-state index contributed by atoms with van der Waals surface area (Å²) in [7, 11) is 0. The summed E-state index contributed by atoms with van der Waals surface area (Å²) in [5.41, 5.74) is 1.85. The second-order valence-electron chi connectivity index (χ2n) is 8.13. The first-order valence-electron chi connectivity index (χ1n) is 9.31. The Bertz CT molecular complexity index is 716. The lowest BCUT2D eigenvalue weighted by molar-refractivity contribution is 0.324. The van der Waals surface area contributed by atoms with Gasteiger partial charge in [0.1, 0.15) is 23.1 Å². The van der Waals surface area contributed by atoms with E-state index in [0.717, 1.165) is 44.5 Å². The summed E-state index contributed by atoms with van der Waals surface area (Å²) in [6, 6.07) is 4.88. The molecule has 0 spiro atoms. The average Bonchev–Trinajstić information content (AvgIpc) is 2.60. The Labute approximate surface area is 162 Å². The molecule has 0 unspecified atom stereocenters. The summed E-state index contributed by atoms with van der Waals surface area (Å²) >= 11 is 6.27. The summed E-state index contributed by atoms with van der Waals surface area (Å²) in [4.78, 5) is 6.56. The van der Waals surface area contributed by atoms with Gasteiger partial charge < -0.3 is 10.2 Å². The number of anilines is 1. The Morgan fingerprint density at radius 1 is 1.19 bits per heavy atom. The van der Waals surface area contributed by atoms with E-state index < -0.39 is 0 Å². The van der Waals surface area contributed by atoms with Crippen LogP contribution in [0.25, 0.3) is 0 Å². The van der Waals surface area contributed by atoms with Crippen molar-refractivity contribution in [3.05, 3.63) is 21.8 Å². The second-order valence-corrected chi connectivity index (χ2v) is 8.49. The zero-order valence-corrected chi connectivity index (χ0v) is 16.9. The molecule has 1 aliphatic rings. The fraction of sp³-hybridized carbons (Fsp3) is 0.650. The number of piperidine rings is 1. The predicted octanol–water partition coefficient (Wildman–Crippen LogP) is 4.04. The van der Waals surface area contributed by atoms with Crippen LogP contribution in [0.15, 0.2) is 0 Å². The van der Waals surface area contributed by atoms with Crippen LogP contribution >= 0.6 is 11.6 Å². The normalized spacial score (nSPS) is 15.6. The van der Waals surface area contributed by atoms with Crippen LogP contribution in [0, 0.1) is 28.1 Å². The molecule has 1 aliphatic heterocycles. The van der Waals surface area contributed by atoms with Crippen molar-refractivity contribution >= 4 is 17.4 Å². The van der Waals surface area contributed by atoms with Crippen LogP contribution in [-0.2, 0) is 6.42 Å². The van der Waals surface area contributed by atoms with E-state index in [-0.39, 0.29) is 10.6 Å². The van der Waals surface area contributed by atoms with E-state index in [0.29, 0.717) is 29.4 Å². The molecule has 1 aromatic heterocycles. The third-order valence-corrected chi connectivity index (χ3v) is 4.95. The molecule has 0 atom stereocenters. The molecular formula is C20H28ClN5. The molecule has 0 aliphatic carbocycles. The highest BCUT2D eigenvalue weighted by atomic mass is 35.5. The van der Waals surface area contributed by atoms with Crippen molar-refractivity contribution in [1.29, 1.82) is 10.5 Å². The monoisotopic (exact) mass is 373 g/mol. The number of nitrogens with one attached hydrogen (secondary N) is 1. The molecule has 1 aromatic rings.